The highest BCUT2D eigenvalue weighted by molar-refractivity contribution is 8.00. The first-order valence-corrected chi connectivity index (χ1v) is 6.61. The Balaban J connectivity index is 2.22. The lowest BCUT2D eigenvalue weighted by atomic mass is 10.0. The zero-order chi connectivity index (χ0) is 12.8. The Hall–Kier alpha value is -0.950. The Bertz CT molecular complexity index is 287. The van der Waals surface area contributed by atoms with Crippen LogP contribution in [0.4, 0.5) is 4.79 Å². The van der Waals surface area contributed by atoms with Gasteiger partial charge in [0.2, 0.25) is 0 Å². The van der Waals surface area contributed by atoms with E-state index in [1.165, 1.54) is 0 Å². The molecule has 6 nitrogen and oxygen atoms in total. The van der Waals surface area contributed by atoms with Crippen molar-refractivity contribution in [3.63, 3.8) is 0 Å². The predicted octanol–water partition coefficient (Wildman–Crippen LogP) is -1.19. The Kier molecular flexibility index (Phi) is 5.57. The lowest BCUT2D eigenvalue weighted by Crippen LogP contribution is -2.46. The molecule has 0 bridgehead atoms. The molecular weight excluding hydrogens is 244 g/mol. The molecule has 1 aliphatic rings. The number of hydrogen-bond acceptors (Lipinski definition) is 5. The number of amides is 2. The van der Waals surface area contributed by atoms with Crippen molar-refractivity contribution in [1.82, 2.24) is 5.32 Å². The van der Waals surface area contributed by atoms with Gasteiger partial charge in [-0.25, -0.2) is 4.79 Å². The first kappa shape index (κ1) is 14.1. The molecule has 1 heterocycles. The van der Waals surface area contributed by atoms with E-state index in [0.29, 0.717) is 12.2 Å². The fourth-order valence-corrected chi connectivity index (χ4v) is 3.32. The molecule has 1 fully saturated rings. The Labute approximate surface area is 104 Å². The van der Waals surface area contributed by atoms with Gasteiger partial charge in [0.25, 0.3) is 0 Å². The van der Waals surface area contributed by atoms with Crippen molar-refractivity contribution in [1.29, 1.82) is 0 Å². The van der Waals surface area contributed by atoms with Crippen LogP contribution in [0.1, 0.15) is 25.7 Å². The van der Waals surface area contributed by atoms with E-state index in [2.05, 4.69) is 5.32 Å². The quantitative estimate of drug-likeness (QED) is 0.520. The number of nitrogens with two attached hydrogens (primary N) is 1. The lowest BCUT2D eigenvalue weighted by Gasteiger charge is -2.18. The molecule has 0 aromatic carbocycles. The first-order valence-electron chi connectivity index (χ1n) is 5.56. The summed E-state index contributed by atoms with van der Waals surface area (Å²) in [6, 6.07) is -0.934. The number of carboxylic acid groups (broad SMARTS) is 1. The molecule has 0 aliphatic carbocycles. The van der Waals surface area contributed by atoms with Crippen LogP contribution in [0.25, 0.3) is 0 Å². The van der Waals surface area contributed by atoms with E-state index < -0.39 is 18.1 Å². The van der Waals surface area contributed by atoms with E-state index >= 15 is 0 Å². The Morgan fingerprint density at radius 3 is 2.76 bits per heavy atom. The van der Waals surface area contributed by atoms with Crippen LogP contribution in [0.15, 0.2) is 0 Å². The Morgan fingerprint density at radius 2 is 2.18 bits per heavy atom. The number of carboxylic acids is 1. The SMILES string of the molecule is NC(=O)N[C@@H]1CS[C@@H](CCCCC(=O)[O-])[C@@H]1O. The van der Waals surface area contributed by atoms with Crippen LogP contribution in [0.3, 0.4) is 0 Å². The molecule has 3 atom stereocenters. The second kappa shape index (κ2) is 6.70. The zero-order valence-electron chi connectivity index (χ0n) is 9.43. The van der Waals surface area contributed by atoms with Crippen LogP contribution < -0.4 is 16.2 Å². The van der Waals surface area contributed by atoms with E-state index in [-0.39, 0.29) is 17.7 Å². The number of primary amides is 1. The number of aliphatic hydroxyl groups excluding tert-OH is 1. The third kappa shape index (κ3) is 4.82. The molecule has 7 heteroatoms. The minimum atomic E-state index is -1.04. The summed E-state index contributed by atoms with van der Waals surface area (Å²) < 4.78 is 0. The van der Waals surface area contributed by atoms with Gasteiger partial charge < -0.3 is 26.1 Å². The maximum absolute atomic E-state index is 10.7. The largest absolute Gasteiger partial charge is 0.550 e. The van der Waals surface area contributed by atoms with E-state index in [1.54, 1.807) is 11.8 Å². The molecule has 0 aromatic heterocycles. The van der Waals surface area contributed by atoms with Crippen LogP contribution >= 0.6 is 11.8 Å². The molecule has 4 N–H and O–H groups in total. The highest BCUT2D eigenvalue weighted by Gasteiger charge is 2.35. The number of thioether (sulfide) groups is 1. The minimum Gasteiger partial charge on any atom is -0.550 e. The van der Waals surface area contributed by atoms with Gasteiger partial charge in [-0.3, -0.25) is 0 Å². The number of rotatable bonds is 6. The summed E-state index contributed by atoms with van der Waals surface area (Å²) in [5.74, 6) is -0.409. The van der Waals surface area contributed by atoms with Crippen molar-refractivity contribution in [3.05, 3.63) is 0 Å². The summed E-state index contributed by atoms with van der Waals surface area (Å²) in [4.78, 5) is 20.9. The average Bonchev–Trinajstić information content (AvgIpc) is 2.55. The van der Waals surface area contributed by atoms with Crippen LogP contribution in [0.2, 0.25) is 0 Å². The lowest BCUT2D eigenvalue weighted by molar-refractivity contribution is -0.305. The fraction of sp³-hybridized carbons (Fsp3) is 0.800. The van der Waals surface area contributed by atoms with Crippen molar-refractivity contribution in [3.8, 4) is 0 Å². The third-order valence-corrected chi connectivity index (χ3v) is 4.22. The minimum absolute atomic E-state index is 0.0357. The van der Waals surface area contributed by atoms with Crippen LogP contribution in [0, 0.1) is 0 Å². The van der Waals surface area contributed by atoms with Crippen LogP contribution in [-0.4, -0.2) is 40.3 Å². The molecule has 0 spiro atoms. The molecule has 0 unspecified atom stereocenters. The maximum atomic E-state index is 10.7. The standard InChI is InChI=1S/C10H18N2O4S/c11-10(16)12-6-5-17-7(9(6)15)3-1-2-4-8(13)14/h6-7,9,15H,1-5H2,(H,13,14)(H3,11,12,16)/p-1/t6-,7+,9-/m1/s1. The van der Waals surface area contributed by atoms with Crippen molar-refractivity contribution >= 4 is 23.8 Å². The smallest absolute Gasteiger partial charge is 0.312 e. The summed E-state index contributed by atoms with van der Waals surface area (Å²) in [6.45, 7) is 0. The number of aliphatic carboxylic acids is 1. The molecule has 0 radical (unpaired) electrons. The predicted molar refractivity (Wildman–Crippen MR) is 62.2 cm³/mol. The topological polar surface area (TPSA) is 115 Å². The van der Waals surface area contributed by atoms with Gasteiger partial charge in [-0.05, 0) is 19.3 Å². The normalized spacial score (nSPS) is 27.9. The van der Waals surface area contributed by atoms with Gasteiger partial charge in [0.1, 0.15) is 0 Å². The molecule has 1 rings (SSSR count). The number of carbonyl (C=O) groups is 2. The van der Waals surface area contributed by atoms with Crippen molar-refractivity contribution in [2.75, 3.05) is 5.75 Å². The number of nitrogens with one attached hydrogen (secondary N) is 1. The summed E-state index contributed by atoms with van der Waals surface area (Å²) in [5, 5.41) is 22.6. The number of aliphatic hydroxyl groups is 1. The summed E-state index contributed by atoms with van der Waals surface area (Å²) in [7, 11) is 0. The third-order valence-electron chi connectivity index (χ3n) is 2.73. The van der Waals surface area contributed by atoms with Crippen molar-refractivity contribution in [2.45, 2.75) is 43.1 Å². The number of hydrogen-bond donors (Lipinski definition) is 3. The first-order chi connectivity index (χ1) is 8.00. The molecule has 0 aromatic rings. The average molecular weight is 261 g/mol. The Morgan fingerprint density at radius 1 is 1.47 bits per heavy atom. The van der Waals surface area contributed by atoms with Gasteiger partial charge in [-0.15, -0.1) is 0 Å². The molecule has 1 aliphatic heterocycles. The number of urea groups is 1. The van der Waals surface area contributed by atoms with Crippen LogP contribution in [0.5, 0.6) is 0 Å². The molecule has 1 saturated heterocycles. The van der Waals surface area contributed by atoms with Gasteiger partial charge in [0.05, 0.1) is 12.1 Å². The fourth-order valence-electron chi connectivity index (χ4n) is 1.86. The highest BCUT2D eigenvalue weighted by atomic mass is 32.2. The van der Waals surface area contributed by atoms with Gasteiger partial charge >= 0.3 is 6.03 Å². The maximum Gasteiger partial charge on any atom is 0.312 e. The summed E-state index contributed by atoms with van der Waals surface area (Å²) in [5.41, 5.74) is 4.99. The second-order valence-corrected chi connectivity index (χ2v) is 5.37. The second-order valence-electron chi connectivity index (χ2n) is 4.10. The molecular formula is C10H17N2O4S-. The summed E-state index contributed by atoms with van der Waals surface area (Å²) in [6.07, 6.45) is 1.45. The van der Waals surface area contributed by atoms with Gasteiger partial charge in [0.15, 0.2) is 0 Å². The number of unbranched alkanes of at least 4 members (excludes halogenated alkanes) is 1. The highest BCUT2D eigenvalue weighted by Crippen LogP contribution is 2.31. The van der Waals surface area contributed by atoms with Gasteiger partial charge in [-0.2, -0.15) is 11.8 Å². The van der Waals surface area contributed by atoms with E-state index in [9.17, 15) is 19.8 Å². The molecule has 98 valence electrons. The van der Waals surface area contributed by atoms with Crippen molar-refractivity contribution in [2.24, 2.45) is 5.73 Å². The van der Waals surface area contributed by atoms with Crippen molar-refractivity contribution < 1.29 is 19.8 Å². The molecule has 17 heavy (non-hydrogen) atoms. The van der Waals surface area contributed by atoms with Gasteiger partial charge in [0, 0.05) is 17.0 Å². The van der Waals surface area contributed by atoms with E-state index in [1.807, 2.05) is 0 Å². The molecule has 2 amide bonds. The summed E-state index contributed by atoms with van der Waals surface area (Å²) >= 11 is 1.58. The molecule has 0 saturated carbocycles. The number of carbonyl (C=O) groups excluding carboxylic acids is 2. The van der Waals surface area contributed by atoms with Gasteiger partial charge in [-0.1, -0.05) is 6.42 Å². The van der Waals surface area contributed by atoms with E-state index in [0.717, 1.165) is 12.8 Å². The monoisotopic (exact) mass is 261 g/mol. The van der Waals surface area contributed by atoms with Crippen LogP contribution in [-0.2, 0) is 4.79 Å². The van der Waals surface area contributed by atoms with E-state index in [4.69, 9.17) is 5.73 Å². The zero-order valence-corrected chi connectivity index (χ0v) is 10.2.